The van der Waals surface area contributed by atoms with E-state index in [9.17, 15) is 9.59 Å². The monoisotopic (exact) mass is 329 g/mol. The second-order valence-electron chi connectivity index (χ2n) is 5.73. The number of carbonyl (C=O) groups excluding carboxylic acids is 2. The quantitative estimate of drug-likeness (QED) is 0.942. The zero-order valence-electron chi connectivity index (χ0n) is 13.0. The highest BCUT2D eigenvalue weighted by Crippen LogP contribution is 2.22. The first-order valence-electron chi connectivity index (χ1n) is 7.70. The molecular weight excluding hydrogens is 310 g/mol. The molecule has 0 saturated carbocycles. The third kappa shape index (κ3) is 3.59. The first-order chi connectivity index (χ1) is 11.1. The summed E-state index contributed by atoms with van der Waals surface area (Å²) in [5.41, 5.74) is 0.933. The van der Waals surface area contributed by atoms with E-state index in [-0.39, 0.29) is 17.7 Å². The second kappa shape index (κ2) is 6.91. The van der Waals surface area contributed by atoms with Crippen molar-refractivity contribution in [1.82, 2.24) is 9.88 Å². The Morgan fingerprint density at radius 1 is 1.35 bits per heavy atom. The molecular formula is C17H19N3O2S. The maximum atomic E-state index is 12.5. The van der Waals surface area contributed by atoms with Gasteiger partial charge in [-0.25, -0.2) is 4.98 Å². The molecule has 1 aliphatic rings. The lowest BCUT2D eigenvalue weighted by Crippen LogP contribution is -2.43. The first-order valence-corrected chi connectivity index (χ1v) is 8.58. The number of aromatic nitrogens is 1. The Hall–Kier alpha value is -2.21. The Labute approximate surface area is 139 Å². The minimum absolute atomic E-state index is 0.0199. The Morgan fingerprint density at radius 2 is 2.22 bits per heavy atom. The van der Waals surface area contributed by atoms with E-state index in [0.717, 1.165) is 23.3 Å². The fraction of sp³-hybridized carbons (Fsp3) is 0.353. The Kier molecular flexibility index (Phi) is 4.71. The molecule has 3 heterocycles. The molecule has 5 nitrogen and oxygen atoms in total. The average molecular weight is 329 g/mol. The number of piperidine rings is 1. The molecule has 0 spiro atoms. The highest BCUT2D eigenvalue weighted by atomic mass is 32.1. The maximum Gasteiger partial charge on any atom is 0.263 e. The molecule has 2 aromatic rings. The van der Waals surface area contributed by atoms with Crippen LogP contribution in [-0.4, -0.2) is 34.8 Å². The van der Waals surface area contributed by atoms with E-state index >= 15 is 0 Å². The number of aryl methyl sites for hydroxylation is 1. The Bertz CT molecular complexity index is 700. The molecule has 1 atom stereocenters. The molecule has 2 amide bonds. The lowest BCUT2D eigenvalue weighted by atomic mass is 9.97. The summed E-state index contributed by atoms with van der Waals surface area (Å²) in [4.78, 5) is 31.6. The van der Waals surface area contributed by atoms with Gasteiger partial charge in [0.05, 0.1) is 10.8 Å². The average Bonchev–Trinajstić information content (AvgIpc) is 3.11. The van der Waals surface area contributed by atoms with Crippen molar-refractivity contribution in [3.8, 4) is 0 Å². The van der Waals surface area contributed by atoms with Crippen molar-refractivity contribution in [3.05, 3.63) is 46.3 Å². The molecule has 0 bridgehead atoms. The van der Waals surface area contributed by atoms with Gasteiger partial charge in [-0.3, -0.25) is 9.59 Å². The maximum absolute atomic E-state index is 12.5. The van der Waals surface area contributed by atoms with Gasteiger partial charge in [0.15, 0.2) is 0 Å². The van der Waals surface area contributed by atoms with Gasteiger partial charge in [-0.2, -0.15) is 0 Å². The number of hydrogen-bond donors (Lipinski definition) is 1. The number of amides is 2. The fourth-order valence-corrected chi connectivity index (χ4v) is 3.46. The molecule has 23 heavy (non-hydrogen) atoms. The number of hydrogen-bond acceptors (Lipinski definition) is 4. The summed E-state index contributed by atoms with van der Waals surface area (Å²) in [7, 11) is 0. The SMILES string of the molecule is Cc1cccnc1NC(=O)C1CCCN(C(=O)c2cccs2)C1. The summed E-state index contributed by atoms with van der Waals surface area (Å²) < 4.78 is 0. The molecule has 0 radical (unpaired) electrons. The zero-order valence-corrected chi connectivity index (χ0v) is 13.8. The van der Waals surface area contributed by atoms with Gasteiger partial charge in [-0.05, 0) is 42.8 Å². The van der Waals surface area contributed by atoms with Crippen molar-refractivity contribution in [3.63, 3.8) is 0 Å². The van der Waals surface area contributed by atoms with Crippen LogP contribution in [0.5, 0.6) is 0 Å². The minimum atomic E-state index is -0.186. The van der Waals surface area contributed by atoms with Gasteiger partial charge in [-0.15, -0.1) is 11.3 Å². The van der Waals surface area contributed by atoms with E-state index in [0.29, 0.717) is 18.9 Å². The second-order valence-corrected chi connectivity index (χ2v) is 6.67. The molecule has 0 aliphatic carbocycles. The normalized spacial score (nSPS) is 17.8. The highest BCUT2D eigenvalue weighted by Gasteiger charge is 2.29. The van der Waals surface area contributed by atoms with Crippen LogP contribution in [0.15, 0.2) is 35.8 Å². The number of nitrogens with zero attached hydrogens (tertiary/aromatic N) is 2. The highest BCUT2D eigenvalue weighted by molar-refractivity contribution is 7.12. The van der Waals surface area contributed by atoms with Crippen molar-refractivity contribution in [2.45, 2.75) is 19.8 Å². The smallest absolute Gasteiger partial charge is 0.263 e. The van der Waals surface area contributed by atoms with Crippen LogP contribution >= 0.6 is 11.3 Å². The third-order valence-corrected chi connectivity index (χ3v) is 4.92. The van der Waals surface area contributed by atoms with Crippen LogP contribution < -0.4 is 5.32 Å². The largest absolute Gasteiger partial charge is 0.337 e. The van der Waals surface area contributed by atoms with Crippen LogP contribution in [0.25, 0.3) is 0 Å². The van der Waals surface area contributed by atoms with Gasteiger partial charge in [0.25, 0.3) is 5.91 Å². The number of rotatable bonds is 3. The molecule has 6 heteroatoms. The predicted octanol–water partition coefficient (Wildman–Crippen LogP) is 2.94. The van der Waals surface area contributed by atoms with Crippen molar-refractivity contribution >= 4 is 29.0 Å². The van der Waals surface area contributed by atoms with Crippen molar-refractivity contribution < 1.29 is 9.59 Å². The topological polar surface area (TPSA) is 62.3 Å². The van der Waals surface area contributed by atoms with Crippen molar-refractivity contribution in [2.75, 3.05) is 18.4 Å². The van der Waals surface area contributed by atoms with E-state index in [1.54, 1.807) is 11.1 Å². The van der Waals surface area contributed by atoms with Crippen LogP contribution in [-0.2, 0) is 4.79 Å². The van der Waals surface area contributed by atoms with Crippen LogP contribution in [0.4, 0.5) is 5.82 Å². The summed E-state index contributed by atoms with van der Waals surface area (Å²) in [6.45, 7) is 3.09. The van der Waals surface area contributed by atoms with Crippen LogP contribution in [0.1, 0.15) is 28.1 Å². The van der Waals surface area contributed by atoms with E-state index in [1.165, 1.54) is 11.3 Å². The number of anilines is 1. The number of carbonyl (C=O) groups is 2. The lowest BCUT2D eigenvalue weighted by Gasteiger charge is -2.31. The van der Waals surface area contributed by atoms with Gasteiger partial charge < -0.3 is 10.2 Å². The predicted molar refractivity (Wildman–Crippen MR) is 90.6 cm³/mol. The van der Waals surface area contributed by atoms with Crippen molar-refractivity contribution in [2.24, 2.45) is 5.92 Å². The summed E-state index contributed by atoms with van der Waals surface area (Å²) >= 11 is 1.44. The molecule has 0 aromatic carbocycles. The standard InChI is InChI=1S/C17H19N3O2S/c1-12-5-2-8-18-15(12)19-16(21)13-6-3-9-20(11-13)17(22)14-7-4-10-23-14/h2,4-5,7-8,10,13H,3,6,9,11H2,1H3,(H,18,19,21). The molecule has 1 unspecified atom stereocenters. The Morgan fingerprint density at radius 3 is 2.96 bits per heavy atom. The molecule has 2 aromatic heterocycles. The Balaban J connectivity index is 1.65. The molecule has 1 fully saturated rings. The summed E-state index contributed by atoms with van der Waals surface area (Å²) in [5, 5.41) is 4.78. The summed E-state index contributed by atoms with van der Waals surface area (Å²) in [6.07, 6.45) is 3.30. The number of nitrogens with one attached hydrogen (secondary N) is 1. The molecule has 1 saturated heterocycles. The summed E-state index contributed by atoms with van der Waals surface area (Å²) in [6, 6.07) is 7.45. The van der Waals surface area contributed by atoms with E-state index in [2.05, 4.69) is 10.3 Å². The molecule has 3 rings (SSSR count). The van der Waals surface area contributed by atoms with Gasteiger partial charge in [-0.1, -0.05) is 12.1 Å². The van der Waals surface area contributed by atoms with Gasteiger partial charge in [0, 0.05) is 19.3 Å². The van der Waals surface area contributed by atoms with E-state index in [4.69, 9.17) is 0 Å². The van der Waals surface area contributed by atoms with Crippen LogP contribution in [0.3, 0.4) is 0 Å². The number of thiophene rings is 1. The third-order valence-electron chi connectivity index (χ3n) is 4.06. The first kappa shape index (κ1) is 15.7. The fourth-order valence-electron chi connectivity index (χ4n) is 2.77. The van der Waals surface area contributed by atoms with Gasteiger partial charge in [0.1, 0.15) is 5.82 Å². The lowest BCUT2D eigenvalue weighted by molar-refractivity contribution is -0.121. The van der Waals surface area contributed by atoms with Crippen LogP contribution in [0.2, 0.25) is 0 Å². The van der Waals surface area contributed by atoms with E-state index in [1.807, 2.05) is 36.6 Å². The van der Waals surface area contributed by atoms with Crippen molar-refractivity contribution in [1.29, 1.82) is 0 Å². The molecule has 1 N–H and O–H groups in total. The van der Waals surface area contributed by atoms with Gasteiger partial charge >= 0.3 is 0 Å². The molecule has 1 aliphatic heterocycles. The van der Waals surface area contributed by atoms with E-state index < -0.39 is 0 Å². The number of likely N-dealkylation sites (tertiary alicyclic amines) is 1. The minimum Gasteiger partial charge on any atom is -0.337 e. The van der Waals surface area contributed by atoms with Crippen LogP contribution in [0, 0.1) is 12.8 Å². The summed E-state index contributed by atoms with van der Waals surface area (Å²) in [5.74, 6) is 0.371. The van der Waals surface area contributed by atoms with Gasteiger partial charge in [0.2, 0.25) is 5.91 Å². The number of pyridine rings is 1. The zero-order chi connectivity index (χ0) is 16.2. The molecule has 120 valence electrons.